The number of benzene rings is 1. The monoisotopic (exact) mass is 342 g/mol. The van der Waals surface area contributed by atoms with E-state index in [9.17, 15) is 9.59 Å². The molecule has 0 spiro atoms. The molecule has 1 aromatic rings. The highest BCUT2D eigenvalue weighted by molar-refractivity contribution is 5.89. The average molecular weight is 342 g/mol. The largest absolute Gasteiger partial charge is 0.340 e. The molecule has 1 unspecified atom stereocenters. The highest BCUT2D eigenvalue weighted by atomic mass is 16.2. The molecule has 2 saturated heterocycles. The number of nitrogens with zero attached hydrogens (tertiary/aromatic N) is 2. The molecular formula is C21H30N2O2. The summed E-state index contributed by atoms with van der Waals surface area (Å²) in [4.78, 5) is 29.2. The van der Waals surface area contributed by atoms with E-state index in [4.69, 9.17) is 0 Å². The Kier molecular flexibility index (Phi) is 5.16. The van der Waals surface area contributed by atoms with Gasteiger partial charge in [-0.15, -0.1) is 0 Å². The van der Waals surface area contributed by atoms with E-state index in [0.29, 0.717) is 12.3 Å². The highest BCUT2D eigenvalue weighted by Gasteiger charge is 2.40. The fourth-order valence-corrected chi connectivity index (χ4v) is 3.91. The molecule has 3 rings (SSSR count). The first-order chi connectivity index (χ1) is 11.8. The third-order valence-corrected chi connectivity index (χ3v) is 5.18. The van der Waals surface area contributed by atoms with Gasteiger partial charge in [0.15, 0.2) is 0 Å². The van der Waals surface area contributed by atoms with Gasteiger partial charge in [0, 0.05) is 26.1 Å². The van der Waals surface area contributed by atoms with Crippen molar-refractivity contribution in [3.8, 4) is 0 Å². The molecule has 0 radical (unpaired) electrons. The first kappa shape index (κ1) is 18.0. The van der Waals surface area contributed by atoms with Crippen molar-refractivity contribution in [1.82, 2.24) is 9.80 Å². The predicted octanol–water partition coefficient (Wildman–Crippen LogP) is 3.11. The van der Waals surface area contributed by atoms with Crippen LogP contribution in [0.25, 0.3) is 0 Å². The quantitative estimate of drug-likeness (QED) is 0.843. The van der Waals surface area contributed by atoms with Crippen molar-refractivity contribution < 1.29 is 9.59 Å². The molecule has 0 N–H and O–H groups in total. The van der Waals surface area contributed by atoms with Crippen LogP contribution < -0.4 is 0 Å². The molecule has 1 aromatic carbocycles. The van der Waals surface area contributed by atoms with Crippen LogP contribution in [0.3, 0.4) is 0 Å². The van der Waals surface area contributed by atoms with Crippen molar-refractivity contribution in [1.29, 1.82) is 0 Å². The van der Waals surface area contributed by atoms with Crippen molar-refractivity contribution in [2.24, 2.45) is 11.3 Å². The molecule has 2 heterocycles. The molecule has 1 atom stereocenters. The lowest BCUT2D eigenvalue weighted by Gasteiger charge is -2.42. The zero-order valence-electron chi connectivity index (χ0n) is 15.7. The first-order valence-corrected chi connectivity index (χ1v) is 9.46. The lowest BCUT2D eigenvalue weighted by atomic mass is 9.90. The van der Waals surface area contributed by atoms with E-state index >= 15 is 0 Å². The Morgan fingerprint density at radius 3 is 2.44 bits per heavy atom. The van der Waals surface area contributed by atoms with Crippen LogP contribution in [0.4, 0.5) is 0 Å². The number of amides is 2. The van der Waals surface area contributed by atoms with Crippen LogP contribution in [-0.2, 0) is 16.0 Å². The summed E-state index contributed by atoms with van der Waals surface area (Å²) < 4.78 is 0. The Balaban J connectivity index is 1.52. The van der Waals surface area contributed by atoms with Crippen LogP contribution in [0.5, 0.6) is 0 Å². The third-order valence-electron chi connectivity index (χ3n) is 5.18. The summed E-state index contributed by atoms with van der Waals surface area (Å²) in [6, 6.07) is 10.2. The van der Waals surface area contributed by atoms with E-state index in [-0.39, 0.29) is 23.3 Å². The van der Waals surface area contributed by atoms with Crippen LogP contribution in [-0.4, -0.2) is 47.3 Å². The van der Waals surface area contributed by atoms with E-state index in [1.807, 2.05) is 15.9 Å². The normalized spacial score (nSPS) is 21.3. The Hall–Kier alpha value is -1.84. The molecule has 4 nitrogen and oxygen atoms in total. The minimum Gasteiger partial charge on any atom is -0.340 e. The third kappa shape index (κ3) is 4.42. The first-order valence-electron chi connectivity index (χ1n) is 9.46. The molecule has 136 valence electrons. The molecule has 0 aromatic heterocycles. The van der Waals surface area contributed by atoms with Gasteiger partial charge in [-0.25, -0.2) is 0 Å². The molecule has 25 heavy (non-hydrogen) atoms. The fraction of sp³-hybridized carbons (Fsp3) is 0.619. The smallest absolute Gasteiger partial charge is 0.245 e. The van der Waals surface area contributed by atoms with Crippen molar-refractivity contribution in [2.75, 3.05) is 19.6 Å². The Labute approximate surface area is 151 Å². The number of hydrogen-bond acceptors (Lipinski definition) is 2. The molecule has 2 amide bonds. The average Bonchev–Trinajstić information content (AvgIpc) is 2.99. The predicted molar refractivity (Wildman–Crippen MR) is 99.0 cm³/mol. The minimum atomic E-state index is -0.229. The van der Waals surface area contributed by atoms with E-state index in [1.165, 1.54) is 5.56 Å². The van der Waals surface area contributed by atoms with Gasteiger partial charge in [-0.3, -0.25) is 9.59 Å². The van der Waals surface area contributed by atoms with Crippen molar-refractivity contribution in [3.63, 3.8) is 0 Å². The van der Waals surface area contributed by atoms with E-state index in [2.05, 4.69) is 45.0 Å². The zero-order chi connectivity index (χ0) is 18.0. The van der Waals surface area contributed by atoms with Gasteiger partial charge >= 0.3 is 0 Å². The Morgan fingerprint density at radius 1 is 1.12 bits per heavy atom. The van der Waals surface area contributed by atoms with Crippen LogP contribution >= 0.6 is 0 Å². The molecule has 0 saturated carbocycles. The maximum absolute atomic E-state index is 12.8. The molecule has 4 heteroatoms. The number of carbonyl (C=O) groups is 2. The van der Waals surface area contributed by atoms with Gasteiger partial charge in [-0.05, 0) is 36.2 Å². The highest BCUT2D eigenvalue weighted by Crippen LogP contribution is 2.28. The lowest BCUT2D eigenvalue weighted by molar-refractivity contribution is -0.148. The summed E-state index contributed by atoms with van der Waals surface area (Å²) in [7, 11) is 0. The molecule has 2 aliphatic heterocycles. The Morgan fingerprint density at radius 2 is 1.80 bits per heavy atom. The van der Waals surface area contributed by atoms with Crippen LogP contribution in [0, 0.1) is 11.3 Å². The topological polar surface area (TPSA) is 40.6 Å². The maximum atomic E-state index is 12.8. The van der Waals surface area contributed by atoms with Gasteiger partial charge in [-0.2, -0.15) is 0 Å². The second kappa shape index (κ2) is 7.19. The summed E-state index contributed by atoms with van der Waals surface area (Å²) in [6.07, 6.45) is 3.29. The van der Waals surface area contributed by atoms with E-state index in [0.717, 1.165) is 38.9 Å². The summed E-state index contributed by atoms with van der Waals surface area (Å²) in [5.74, 6) is 0.834. The van der Waals surface area contributed by atoms with Crippen molar-refractivity contribution >= 4 is 11.8 Å². The molecule has 0 aliphatic carbocycles. The summed E-state index contributed by atoms with van der Waals surface area (Å²) in [5, 5.41) is 0. The van der Waals surface area contributed by atoms with Gasteiger partial charge in [0.05, 0.1) is 0 Å². The van der Waals surface area contributed by atoms with Crippen molar-refractivity contribution in [3.05, 3.63) is 35.9 Å². The summed E-state index contributed by atoms with van der Waals surface area (Å²) in [5.41, 5.74) is 1.30. The molecule has 0 bridgehead atoms. The SMILES string of the molecule is CC(C)(C)CC(=O)N1CCCC1C(=O)N1CC(Cc2ccccc2)C1. The van der Waals surface area contributed by atoms with Gasteiger partial charge < -0.3 is 9.80 Å². The number of rotatable bonds is 4. The lowest BCUT2D eigenvalue weighted by Crippen LogP contribution is -2.57. The number of likely N-dealkylation sites (tertiary alicyclic amines) is 2. The van der Waals surface area contributed by atoms with Gasteiger partial charge in [0.1, 0.15) is 6.04 Å². The molecular weight excluding hydrogens is 312 g/mol. The van der Waals surface area contributed by atoms with Gasteiger partial charge in [0.2, 0.25) is 11.8 Å². The zero-order valence-corrected chi connectivity index (χ0v) is 15.7. The number of carbonyl (C=O) groups excluding carboxylic acids is 2. The van der Waals surface area contributed by atoms with E-state index in [1.54, 1.807) is 0 Å². The summed E-state index contributed by atoms with van der Waals surface area (Å²) in [6.45, 7) is 8.59. The Bertz CT molecular complexity index is 615. The molecule has 2 aliphatic rings. The van der Waals surface area contributed by atoms with E-state index < -0.39 is 0 Å². The van der Waals surface area contributed by atoms with Crippen LogP contribution in [0.1, 0.15) is 45.6 Å². The fourth-order valence-electron chi connectivity index (χ4n) is 3.91. The number of hydrogen-bond donors (Lipinski definition) is 0. The molecule has 2 fully saturated rings. The standard InChI is InChI=1S/C21H30N2O2/c1-21(2,3)13-19(24)23-11-7-10-18(23)20(25)22-14-17(15-22)12-16-8-5-4-6-9-16/h4-6,8-9,17-18H,7,10-15H2,1-3H3. The second-order valence-corrected chi connectivity index (χ2v) is 8.78. The minimum absolute atomic E-state index is 0.0369. The maximum Gasteiger partial charge on any atom is 0.245 e. The van der Waals surface area contributed by atoms with Crippen molar-refractivity contribution in [2.45, 2.75) is 52.5 Å². The van der Waals surface area contributed by atoms with Crippen LogP contribution in [0.15, 0.2) is 30.3 Å². The van der Waals surface area contributed by atoms with Crippen LogP contribution in [0.2, 0.25) is 0 Å². The second-order valence-electron chi connectivity index (χ2n) is 8.78. The van der Waals surface area contributed by atoms with Gasteiger partial charge in [-0.1, -0.05) is 51.1 Å². The summed E-state index contributed by atoms with van der Waals surface area (Å²) >= 11 is 0. The van der Waals surface area contributed by atoms with Gasteiger partial charge in [0.25, 0.3) is 0 Å².